The number of aromatic nitrogens is 1. The van der Waals surface area contributed by atoms with E-state index in [4.69, 9.17) is 4.74 Å². The van der Waals surface area contributed by atoms with E-state index >= 15 is 0 Å². The molecule has 1 saturated heterocycles. The van der Waals surface area contributed by atoms with Gasteiger partial charge < -0.3 is 10.1 Å². The van der Waals surface area contributed by atoms with E-state index in [0.29, 0.717) is 18.3 Å². The third kappa shape index (κ3) is 5.69. The van der Waals surface area contributed by atoms with Crippen LogP contribution in [0.3, 0.4) is 0 Å². The van der Waals surface area contributed by atoms with Crippen molar-refractivity contribution in [1.82, 2.24) is 15.2 Å². The fourth-order valence-corrected chi connectivity index (χ4v) is 5.52. The molecule has 5 nitrogen and oxygen atoms in total. The molecule has 1 saturated carbocycles. The summed E-state index contributed by atoms with van der Waals surface area (Å²) in [7, 11) is 1.75. The Balaban J connectivity index is 1.39. The number of para-hydroxylation sites is 1. The molecule has 1 N–H and O–H groups in total. The Morgan fingerprint density at radius 3 is 2.59 bits per heavy atom. The first kappa shape index (κ1) is 22.8. The summed E-state index contributed by atoms with van der Waals surface area (Å²) in [6.07, 6.45) is 9.54. The van der Waals surface area contributed by atoms with Crippen molar-refractivity contribution in [2.24, 2.45) is 11.8 Å². The number of hydrogen-bond donors (Lipinski definition) is 1. The van der Waals surface area contributed by atoms with Crippen LogP contribution in [-0.2, 0) is 11.3 Å². The van der Waals surface area contributed by atoms with Crippen LogP contribution in [-0.4, -0.2) is 36.0 Å². The van der Waals surface area contributed by atoms with Gasteiger partial charge >= 0.3 is 0 Å². The first-order valence-corrected chi connectivity index (χ1v) is 12.2. The van der Waals surface area contributed by atoms with E-state index < -0.39 is 0 Å². The number of carbonyl (C=O) groups is 1. The minimum absolute atomic E-state index is 0.000703. The minimum Gasteiger partial charge on any atom is -0.496 e. The van der Waals surface area contributed by atoms with Crippen molar-refractivity contribution in [1.29, 1.82) is 0 Å². The second kappa shape index (κ2) is 11.0. The number of nitrogens with one attached hydrogen (secondary N) is 1. The van der Waals surface area contributed by atoms with E-state index in [1.54, 1.807) is 7.11 Å². The van der Waals surface area contributed by atoms with Gasteiger partial charge in [-0.25, -0.2) is 0 Å². The topological polar surface area (TPSA) is 54.5 Å². The second-order valence-electron chi connectivity index (χ2n) is 9.54. The molecule has 0 unspecified atom stereocenters. The second-order valence-corrected chi connectivity index (χ2v) is 9.54. The van der Waals surface area contributed by atoms with Crippen LogP contribution in [0.15, 0.2) is 42.6 Å². The maximum atomic E-state index is 12.9. The third-order valence-corrected chi connectivity index (χ3v) is 7.27. The van der Waals surface area contributed by atoms with E-state index in [2.05, 4.69) is 46.4 Å². The number of ether oxygens (including phenoxy) is 1. The van der Waals surface area contributed by atoms with E-state index in [1.165, 1.54) is 36.8 Å². The van der Waals surface area contributed by atoms with Crippen LogP contribution < -0.4 is 10.1 Å². The highest BCUT2D eigenvalue weighted by Crippen LogP contribution is 2.33. The highest BCUT2D eigenvalue weighted by molar-refractivity contribution is 5.76. The van der Waals surface area contributed by atoms with Crippen molar-refractivity contribution in [2.45, 2.75) is 64.5 Å². The normalized spacial score (nSPS) is 19.1. The molecular weight excluding hydrogens is 398 g/mol. The van der Waals surface area contributed by atoms with Gasteiger partial charge in [0, 0.05) is 24.7 Å². The molecule has 2 heterocycles. The van der Waals surface area contributed by atoms with Crippen LogP contribution in [0.5, 0.6) is 5.75 Å². The Labute approximate surface area is 192 Å². The van der Waals surface area contributed by atoms with Crippen molar-refractivity contribution >= 4 is 5.91 Å². The first-order chi connectivity index (χ1) is 15.6. The first-order valence-electron chi connectivity index (χ1n) is 12.2. The number of methoxy groups -OCH3 is 1. The monoisotopic (exact) mass is 435 g/mol. The molecule has 4 rings (SSSR count). The van der Waals surface area contributed by atoms with Gasteiger partial charge in [0.25, 0.3) is 0 Å². The number of nitrogens with zero attached hydrogens (tertiary/aromatic N) is 2. The molecule has 1 amide bonds. The van der Waals surface area contributed by atoms with Gasteiger partial charge in [-0.2, -0.15) is 0 Å². The number of hydrogen-bond acceptors (Lipinski definition) is 4. The number of piperidine rings is 1. The maximum Gasteiger partial charge on any atom is 0.220 e. The number of benzene rings is 1. The molecule has 0 bridgehead atoms. The molecule has 1 aliphatic heterocycles. The largest absolute Gasteiger partial charge is 0.496 e. The molecule has 1 aromatic carbocycles. The van der Waals surface area contributed by atoms with Gasteiger partial charge in [0.1, 0.15) is 5.75 Å². The molecule has 1 atom stereocenters. The molecule has 1 aliphatic carbocycles. The minimum atomic E-state index is 0.000703. The smallest absolute Gasteiger partial charge is 0.220 e. The zero-order valence-electron chi connectivity index (χ0n) is 19.6. The number of carbonyl (C=O) groups excluding carboxylic acids is 1. The Kier molecular flexibility index (Phi) is 7.80. The number of amides is 1. The lowest BCUT2D eigenvalue weighted by Gasteiger charge is -2.36. The lowest BCUT2D eigenvalue weighted by atomic mass is 9.86. The van der Waals surface area contributed by atoms with Gasteiger partial charge in [0.15, 0.2) is 0 Å². The Bertz CT molecular complexity index is 872. The summed E-state index contributed by atoms with van der Waals surface area (Å²) in [5.74, 6) is 2.17. The zero-order valence-corrected chi connectivity index (χ0v) is 19.6. The molecular formula is C27H37N3O2. The molecule has 0 spiro atoms. The Morgan fingerprint density at radius 2 is 1.91 bits per heavy atom. The summed E-state index contributed by atoms with van der Waals surface area (Å²) >= 11 is 0. The van der Waals surface area contributed by atoms with Crippen molar-refractivity contribution in [3.05, 3.63) is 59.4 Å². The molecule has 1 aromatic heterocycles. The summed E-state index contributed by atoms with van der Waals surface area (Å²) in [5, 5.41) is 3.38. The number of likely N-dealkylation sites (tertiary alicyclic amines) is 1. The highest BCUT2D eigenvalue weighted by Gasteiger charge is 2.31. The fraction of sp³-hybridized carbons (Fsp3) is 0.556. The molecule has 2 fully saturated rings. The summed E-state index contributed by atoms with van der Waals surface area (Å²) in [6, 6.07) is 12.4. The Hall–Kier alpha value is -2.40. The lowest BCUT2D eigenvalue weighted by Crippen LogP contribution is -2.41. The number of pyridine rings is 1. The Morgan fingerprint density at radius 1 is 1.12 bits per heavy atom. The molecule has 172 valence electrons. The van der Waals surface area contributed by atoms with Crippen molar-refractivity contribution < 1.29 is 9.53 Å². The molecule has 32 heavy (non-hydrogen) atoms. The predicted octanol–water partition coefficient (Wildman–Crippen LogP) is 5.05. The molecule has 2 aliphatic rings. The van der Waals surface area contributed by atoms with E-state index in [0.717, 1.165) is 43.9 Å². The van der Waals surface area contributed by atoms with Crippen molar-refractivity contribution in [2.75, 3.05) is 20.2 Å². The van der Waals surface area contributed by atoms with Crippen molar-refractivity contribution in [3.8, 4) is 5.75 Å². The summed E-state index contributed by atoms with van der Waals surface area (Å²) in [4.78, 5) is 20.0. The van der Waals surface area contributed by atoms with Crippen LogP contribution in [0.2, 0.25) is 0 Å². The standard InChI is InChI=1S/C27H37N3O2/c1-20-8-7-11-23(27(20)32-2)19-30-16-13-22(14-17-30)26(24-12-5-6-15-28-24)29-25(31)18-21-9-3-4-10-21/h5-8,11-12,15,21-22,26H,3-4,9-10,13-14,16-19H2,1-2H3,(H,29,31)/t26-/m1/s1. The van der Waals surface area contributed by atoms with Gasteiger partial charge in [0.2, 0.25) is 5.91 Å². The van der Waals surface area contributed by atoms with E-state index in [1.807, 2.05) is 18.3 Å². The van der Waals surface area contributed by atoms with Gasteiger partial charge in [-0.15, -0.1) is 0 Å². The van der Waals surface area contributed by atoms with Gasteiger partial charge in [-0.1, -0.05) is 37.1 Å². The highest BCUT2D eigenvalue weighted by atomic mass is 16.5. The van der Waals surface area contributed by atoms with Crippen LogP contribution in [0.1, 0.15) is 67.8 Å². The third-order valence-electron chi connectivity index (χ3n) is 7.27. The lowest BCUT2D eigenvalue weighted by molar-refractivity contribution is -0.123. The van der Waals surface area contributed by atoms with Gasteiger partial charge in [0.05, 0.1) is 18.8 Å². The molecule has 5 heteroatoms. The van der Waals surface area contributed by atoms with Crippen molar-refractivity contribution in [3.63, 3.8) is 0 Å². The number of aryl methyl sites for hydroxylation is 1. The van der Waals surface area contributed by atoms with E-state index in [-0.39, 0.29) is 11.9 Å². The SMILES string of the molecule is COc1c(C)cccc1CN1CCC([C@@H](NC(=O)CC2CCCC2)c2ccccn2)CC1. The summed E-state index contributed by atoms with van der Waals surface area (Å²) in [6.45, 7) is 5.04. The van der Waals surface area contributed by atoms with Crippen LogP contribution in [0.4, 0.5) is 0 Å². The predicted molar refractivity (Wildman–Crippen MR) is 127 cm³/mol. The zero-order chi connectivity index (χ0) is 22.3. The average Bonchev–Trinajstić information content (AvgIpc) is 3.32. The van der Waals surface area contributed by atoms with Gasteiger partial charge in [-0.05, 0) is 75.2 Å². The quantitative estimate of drug-likeness (QED) is 0.631. The average molecular weight is 436 g/mol. The summed E-state index contributed by atoms with van der Waals surface area (Å²) < 4.78 is 5.65. The van der Waals surface area contributed by atoms with Crippen LogP contribution in [0.25, 0.3) is 0 Å². The fourth-order valence-electron chi connectivity index (χ4n) is 5.52. The number of rotatable bonds is 8. The maximum absolute atomic E-state index is 12.9. The summed E-state index contributed by atoms with van der Waals surface area (Å²) in [5.41, 5.74) is 3.42. The molecule has 0 radical (unpaired) electrons. The van der Waals surface area contributed by atoms with Crippen LogP contribution >= 0.6 is 0 Å². The van der Waals surface area contributed by atoms with Gasteiger partial charge in [-0.3, -0.25) is 14.7 Å². The molecule has 2 aromatic rings. The van der Waals surface area contributed by atoms with E-state index in [9.17, 15) is 4.79 Å². The van der Waals surface area contributed by atoms with Crippen LogP contribution in [0, 0.1) is 18.8 Å².